The second kappa shape index (κ2) is 5.03. The van der Waals surface area contributed by atoms with Crippen molar-refractivity contribution in [2.45, 2.75) is 37.4 Å². The molecule has 2 aromatic heterocycles. The van der Waals surface area contributed by atoms with Gasteiger partial charge in [-0.15, -0.1) is 11.3 Å². The van der Waals surface area contributed by atoms with Gasteiger partial charge in [-0.2, -0.15) is 0 Å². The predicted octanol–water partition coefficient (Wildman–Crippen LogP) is 1.62. The summed E-state index contributed by atoms with van der Waals surface area (Å²) >= 11 is 1.16. The fraction of sp³-hybridized carbons (Fsp3) is 0.400. The van der Waals surface area contributed by atoms with Crippen molar-refractivity contribution < 1.29 is 14.7 Å². The molecule has 2 saturated heterocycles. The van der Waals surface area contributed by atoms with Gasteiger partial charge < -0.3 is 15.7 Å². The highest BCUT2D eigenvalue weighted by atomic mass is 32.1. The molecule has 114 valence electrons. The summed E-state index contributed by atoms with van der Waals surface area (Å²) < 4.78 is 0.774. The summed E-state index contributed by atoms with van der Waals surface area (Å²) in [5.41, 5.74) is 0.338. The third kappa shape index (κ3) is 2.26. The number of carbonyl (C=O) groups is 2. The Morgan fingerprint density at radius 2 is 2.23 bits per heavy atom. The van der Waals surface area contributed by atoms with Crippen LogP contribution in [0.1, 0.15) is 39.4 Å². The van der Waals surface area contributed by atoms with Gasteiger partial charge in [0.25, 0.3) is 5.91 Å². The summed E-state index contributed by atoms with van der Waals surface area (Å²) in [5.74, 6) is -1.15. The van der Waals surface area contributed by atoms with Crippen LogP contribution >= 0.6 is 11.3 Å². The molecule has 4 heterocycles. The average molecular weight is 317 g/mol. The molecule has 0 saturated carbocycles. The zero-order chi connectivity index (χ0) is 15.3. The normalized spacial score (nSPS) is 26.5. The van der Waals surface area contributed by atoms with E-state index in [1.807, 2.05) is 0 Å². The first kappa shape index (κ1) is 13.7. The highest BCUT2D eigenvalue weighted by Gasteiger charge is 2.39. The van der Waals surface area contributed by atoms with Gasteiger partial charge in [0.05, 0.1) is 4.70 Å². The molecule has 4 rings (SSSR count). The molecular weight excluding hydrogens is 302 g/mol. The lowest BCUT2D eigenvalue weighted by Crippen LogP contribution is -2.43. The number of pyridine rings is 1. The number of hydrogen-bond donors (Lipinski definition) is 3. The Balaban J connectivity index is 1.55. The molecule has 0 unspecified atom stereocenters. The second-order valence-corrected chi connectivity index (χ2v) is 6.97. The van der Waals surface area contributed by atoms with Gasteiger partial charge in [0.1, 0.15) is 10.6 Å². The van der Waals surface area contributed by atoms with Crippen LogP contribution in [0.2, 0.25) is 0 Å². The van der Waals surface area contributed by atoms with E-state index in [4.69, 9.17) is 5.11 Å². The highest BCUT2D eigenvalue weighted by molar-refractivity contribution is 7.20. The van der Waals surface area contributed by atoms with Gasteiger partial charge in [0.15, 0.2) is 0 Å². The highest BCUT2D eigenvalue weighted by Crippen LogP contribution is 2.29. The molecule has 2 aromatic rings. The Labute approximate surface area is 130 Å². The maximum absolute atomic E-state index is 12.3. The van der Waals surface area contributed by atoms with Gasteiger partial charge in [0, 0.05) is 24.3 Å². The summed E-state index contributed by atoms with van der Waals surface area (Å²) in [6, 6.07) is 4.31. The van der Waals surface area contributed by atoms with Crippen molar-refractivity contribution in [3.8, 4) is 0 Å². The monoisotopic (exact) mass is 317 g/mol. The van der Waals surface area contributed by atoms with Gasteiger partial charge in [-0.1, -0.05) is 0 Å². The molecule has 0 aromatic carbocycles. The molecule has 0 radical (unpaired) electrons. The number of rotatable bonds is 3. The molecule has 0 aliphatic carbocycles. The lowest BCUT2D eigenvalue weighted by molar-refractivity contribution is 0.0702. The first-order valence-corrected chi connectivity index (χ1v) is 8.11. The van der Waals surface area contributed by atoms with E-state index in [0.29, 0.717) is 17.8 Å². The van der Waals surface area contributed by atoms with Crippen molar-refractivity contribution in [3.63, 3.8) is 0 Å². The van der Waals surface area contributed by atoms with E-state index >= 15 is 0 Å². The molecule has 6 nitrogen and oxygen atoms in total. The Morgan fingerprint density at radius 3 is 2.91 bits per heavy atom. The second-order valence-electron chi connectivity index (χ2n) is 5.89. The molecule has 2 aliphatic heterocycles. The Bertz CT molecular complexity index is 772. The smallest absolute Gasteiger partial charge is 0.345 e. The molecule has 3 atom stereocenters. The summed E-state index contributed by atoms with van der Waals surface area (Å²) in [6.07, 6.45) is 4.84. The van der Waals surface area contributed by atoms with E-state index in [-0.39, 0.29) is 16.8 Å². The van der Waals surface area contributed by atoms with Gasteiger partial charge in [-0.3, -0.25) is 4.79 Å². The maximum atomic E-state index is 12.3. The quantitative estimate of drug-likeness (QED) is 0.800. The zero-order valence-electron chi connectivity index (χ0n) is 11.7. The van der Waals surface area contributed by atoms with E-state index in [1.165, 1.54) is 6.42 Å². The molecule has 22 heavy (non-hydrogen) atoms. The number of fused-ring (bicyclic) bond motifs is 3. The third-order valence-corrected chi connectivity index (χ3v) is 5.54. The van der Waals surface area contributed by atoms with Crippen LogP contribution in [0.25, 0.3) is 10.1 Å². The number of nitrogens with zero attached hydrogens (tertiary/aromatic N) is 1. The predicted molar refractivity (Wildman–Crippen MR) is 82.4 cm³/mol. The van der Waals surface area contributed by atoms with Crippen LogP contribution in [0.5, 0.6) is 0 Å². The number of carbonyl (C=O) groups excluding carboxylic acids is 1. The van der Waals surface area contributed by atoms with Crippen molar-refractivity contribution in [3.05, 3.63) is 28.9 Å². The summed E-state index contributed by atoms with van der Waals surface area (Å²) in [7, 11) is 0. The van der Waals surface area contributed by atoms with Crippen LogP contribution in [-0.4, -0.2) is 40.1 Å². The number of thiophene rings is 1. The zero-order valence-corrected chi connectivity index (χ0v) is 12.5. The fourth-order valence-electron chi connectivity index (χ4n) is 3.40. The molecule has 2 aliphatic rings. The largest absolute Gasteiger partial charge is 0.477 e. The van der Waals surface area contributed by atoms with Crippen molar-refractivity contribution in [1.82, 2.24) is 15.6 Å². The van der Waals surface area contributed by atoms with E-state index in [2.05, 4.69) is 15.6 Å². The number of nitrogens with one attached hydrogen (secondary N) is 2. The average Bonchev–Trinajstić information content (AvgIpc) is 3.20. The SMILES string of the molecule is O=C(N[C@@H]1C[C@H]2CC[C@@H]1N2)c1cc2cc(C(=O)O)sc2cn1. The van der Waals surface area contributed by atoms with E-state index in [0.717, 1.165) is 34.3 Å². The third-order valence-electron chi connectivity index (χ3n) is 4.46. The number of carboxylic acid groups (broad SMARTS) is 1. The minimum Gasteiger partial charge on any atom is -0.477 e. The van der Waals surface area contributed by atoms with Crippen molar-refractivity contribution >= 4 is 33.3 Å². The molecule has 7 heteroatoms. The lowest BCUT2D eigenvalue weighted by Gasteiger charge is -2.21. The first-order chi connectivity index (χ1) is 10.6. The van der Waals surface area contributed by atoms with Crippen molar-refractivity contribution in [2.24, 2.45) is 0 Å². The van der Waals surface area contributed by atoms with Crippen LogP contribution in [0.3, 0.4) is 0 Å². The molecular formula is C15H15N3O3S. The molecule has 2 bridgehead atoms. The van der Waals surface area contributed by atoms with E-state index in [1.54, 1.807) is 18.3 Å². The Kier molecular flexibility index (Phi) is 3.12. The van der Waals surface area contributed by atoms with E-state index in [9.17, 15) is 9.59 Å². The molecule has 3 N–H and O–H groups in total. The Hall–Kier alpha value is -1.99. The fourth-order valence-corrected chi connectivity index (χ4v) is 4.25. The van der Waals surface area contributed by atoms with Crippen LogP contribution in [0, 0.1) is 0 Å². The van der Waals surface area contributed by atoms with Crippen LogP contribution in [0.15, 0.2) is 18.3 Å². The van der Waals surface area contributed by atoms with Crippen LogP contribution < -0.4 is 10.6 Å². The number of amides is 1. The minimum atomic E-state index is -0.958. The molecule has 2 fully saturated rings. The number of carboxylic acids is 1. The van der Waals surface area contributed by atoms with Gasteiger partial charge in [0.2, 0.25) is 0 Å². The summed E-state index contributed by atoms with van der Waals surface area (Å²) in [5, 5.41) is 16.3. The summed E-state index contributed by atoms with van der Waals surface area (Å²) in [6.45, 7) is 0. The number of aromatic carboxylic acids is 1. The standard InChI is InChI=1S/C15H15N3O3S/c19-14(18-10-5-8-1-2-9(10)17-8)11-3-7-4-12(15(20)21)22-13(7)6-16-11/h3-4,6,8-10,17H,1-2,5H2,(H,18,19)(H,20,21)/t8-,9+,10-/m1/s1. The van der Waals surface area contributed by atoms with Crippen LogP contribution in [-0.2, 0) is 0 Å². The maximum Gasteiger partial charge on any atom is 0.345 e. The van der Waals surface area contributed by atoms with Crippen molar-refractivity contribution in [1.29, 1.82) is 0 Å². The number of hydrogen-bond acceptors (Lipinski definition) is 5. The summed E-state index contributed by atoms with van der Waals surface area (Å²) in [4.78, 5) is 27.8. The topological polar surface area (TPSA) is 91.3 Å². The van der Waals surface area contributed by atoms with Gasteiger partial charge in [-0.05, 0) is 36.8 Å². The number of aromatic nitrogens is 1. The lowest BCUT2D eigenvalue weighted by atomic mass is 9.95. The molecule has 1 amide bonds. The van der Waals surface area contributed by atoms with Crippen molar-refractivity contribution in [2.75, 3.05) is 0 Å². The van der Waals surface area contributed by atoms with Crippen LogP contribution in [0.4, 0.5) is 0 Å². The van der Waals surface area contributed by atoms with E-state index < -0.39 is 5.97 Å². The Morgan fingerprint density at radius 1 is 1.36 bits per heavy atom. The first-order valence-electron chi connectivity index (χ1n) is 7.30. The molecule has 0 spiro atoms. The van der Waals surface area contributed by atoms with Gasteiger partial charge in [-0.25, -0.2) is 9.78 Å². The van der Waals surface area contributed by atoms with Gasteiger partial charge >= 0.3 is 5.97 Å². The minimum absolute atomic E-state index is 0.167.